The molecule has 0 amide bonds. The minimum atomic E-state index is -0.189. The lowest BCUT2D eigenvalue weighted by atomic mass is 10.1. The van der Waals surface area contributed by atoms with Gasteiger partial charge in [-0.3, -0.25) is 0 Å². The molecule has 6 rings (SSSR count). The van der Waals surface area contributed by atoms with E-state index in [1.54, 1.807) is 5.01 Å². The standard InChI is InChI=1S/C19H20FN7O2/c1-19(2)8-7-14(28-19)16-22-18(29-23-16)26-10-21-17-12-5-3-4-6-13(12)25-11-24(20)9-15(25)27(17)26/h3-6,9,14H,7-8,10-11H2,1-2H3. The number of rotatable bonds is 2. The van der Waals surface area contributed by atoms with Crippen molar-refractivity contribution in [2.24, 2.45) is 4.99 Å². The van der Waals surface area contributed by atoms with E-state index in [9.17, 15) is 4.48 Å². The van der Waals surface area contributed by atoms with Gasteiger partial charge in [0.05, 0.1) is 17.5 Å². The van der Waals surface area contributed by atoms with Crippen molar-refractivity contribution in [1.29, 1.82) is 0 Å². The predicted molar refractivity (Wildman–Crippen MR) is 102 cm³/mol. The summed E-state index contributed by atoms with van der Waals surface area (Å²) in [5.74, 6) is 1.91. The van der Waals surface area contributed by atoms with Gasteiger partial charge in [-0.1, -0.05) is 21.8 Å². The van der Waals surface area contributed by atoms with E-state index in [1.807, 2.05) is 34.2 Å². The number of nitrogens with zero attached hydrogens (tertiary/aromatic N) is 7. The molecular weight excluding hydrogens is 377 g/mol. The molecule has 0 saturated carbocycles. The minimum Gasteiger partial charge on any atom is -0.364 e. The molecule has 9 nitrogen and oxygen atoms in total. The molecule has 29 heavy (non-hydrogen) atoms. The van der Waals surface area contributed by atoms with Gasteiger partial charge < -0.3 is 14.2 Å². The van der Waals surface area contributed by atoms with Crippen LogP contribution in [0.3, 0.4) is 0 Å². The molecule has 10 heteroatoms. The summed E-state index contributed by atoms with van der Waals surface area (Å²) in [6.45, 7) is 4.54. The molecule has 0 bridgehead atoms. The van der Waals surface area contributed by atoms with Crippen molar-refractivity contribution in [3.05, 3.63) is 47.7 Å². The van der Waals surface area contributed by atoms with Crippen molar-refractivity contribution < 1.29 is 13.7 Å². The van der Waals surface area contributed by atoms with Gasteiger partial charge in [-0.05, 0) is 38.8 Å². The highest BCUT2D eigenvalue weighted by atomic mass is 19.2. The van der Waals surface area contributed by atoms with Crippen molar-refractivity contribution in [3.63, 3.8) is 0 Å². The van der Waals surface area contributed by atoms with Gasteiger partial charge in [0.2, 0.25) is 5.82 Å². The first kappa shape index (κ1) is 16.8. The first-order valence-electron chi connectivity index (χ1n) is 9.65. The Morgan fingerprint density at radius 2 is 2.10 bits per heavy atom. The quantitative estimate of drug-likeness (QED) is 0.717. The number of para-hydroxylation sites is 1. The summed E-state index contributed by atoms with van der Waals surface area (Å²) in [7, 11) is 0. The third kappa shape index (κ3) is 2.45. The Hall–Kier alpha value is -3.14. The number of amidine groups is 1. The van der Waals surface area contributed by atoms with E-state index in [2.05, 4.69) is 29.0 Å². The number of anilines is 2. The van der Waals surface area contributed by atoms with E-state index in [1.165, 1.54) is 6.20 Å². The fraction of sp³-hybridized carbons (Fsp3) is 0.421. The molecule has 0 aliphatic carbocycles. The number of hydrogen-bond acceptors (Lipinski definition) is 9. The second-order valence-corrected chi connectivity index (χ2v) is 8.15. The van der Waals surface area contributed by atoms with Gasteiger partial charge in [0.15, 0.2) is 11.7 Å². The third-order valence-corrected chi connectivity index (χ3v) is 5.67. The van der Waals surface area contributed by atoms with Crippen LogP contribution in [0.4, 0.5) is 16.2 Å². The lowest BCUT2D eigenvalue weighted by Gasteiger charge is -2.38. The summed E-state index contributed by atoms with van der Waals surface area (Å²) in [6.07, 6.45) is 3.05. The highest BCUT2D eigenvalue weighted by Gasteiger charge is 2.44. The zero-order valence-electron chi connectivity index (χ0n) is 16.1. The molecular formula is C19H20FN7O2. The van der Waals surface area contributed by atoms with Crippen LogP contribution in [-0.4, -0.2) is 45.0 Å². The van der Waals surface area contributed by atoms with Gasteiger partial charge in [0.25, 0.3) is 0 Å². The van der Waals surface area contributed by atoms with Crippen LogP contribution in [0, 0.1) is 0 Å². The largest absolute Gasteiger partial charge is 0.364 e. The second-order valence-electron chi connectivity index (χ2n) is 8.15. The van der Waals surface area contributed by atoms with Gasteiger partial charge >= 0.3 is 6.01 Å². The fourth-order valence-corrected chi connectivity index (χ4v) is 4.29. The maximum absolute atomic E-state index is 14.1. The van der Waals surface area contributed by atoms with Crippen LogP contribution in [0.1, 0.15) is 44.2 Å². The number of aliphatic imine (C=N–C) groups is 1. The van der Waals surface area contributed by atoms with Gasteiger partial charge in [-0.2, -0.15) is 10.1 Å². The SMILES string of the molecule is CC1(C)CCC(c2noc(N3CN=C4c5ccccc5N5CN(F)C=C5N43)n2)O1. The van der Waals surface area contributed by atoms with Crippen molar-refractivity contribution in [2.75, 3.05) is 23.2 Å². The van der Waals surface area contributed by atoms with Crippen molar-refractivity contribution in [3.8, 4) is 0 Å². The van der Waals surface area contributed by atoms with Gasteiger partial charge in [0.1, 0.15) is 19.4 Å². The number of hydrazine groups is 1. The average molecular weight is 397 g/mol. The van der Waals surface area contributed by atoms with E-state index in [0.29, 0.717) is 29.5 Å². The van der Waals surface area contributed by atoms with Gasteiger partial charge in [-0.25, -0.2) is 15.0 Å². The molecule has 0 radical (unpaired) electrons. The monoisotopic (exact) mass is 397 g/mol. The summed E-state index contributed by atoms with van der Waals surface area (Å²) in [4.78, 5) is 11.1. The molecule has 1 atom stereocenters. The maximum Gasteiger partial charge on any atom is 0.345 e. The average Bonchev–Trinajstić information content (AvgIpc) is 3.45. The van der Waals surface area contributed by atoms with Crippen LogP contribution in [0.25, 0.3) is 0 Å². The Labute approximate surface area is 166 Å². The first-order valence-corrected chi connectivity index (χ1v) is 9.65. The molecule has 1 aromatic carbocycles. The predicted octanol–water partition coefficient (Wildman–Crippen LogP) is 2.92. The van der Waals surface area contributed by atoms with Crippen LogP contribution in [0.5, 0.6) is 0 Å². The Morgan fingerprint density at radius 3 is 2.93 bits per heavy atom. The molecule has 1 saturated heterocycles. The highest BCUT2D eigenvalue weighted by molar-refractivity contribution is 6.08. The van der Waals surface area contributed by atoms with Crippen LogP contribution >= 0.6 is 0 Å². The normalized spacial score (nSPS) is 24.4. The van der Waals surface area contributed by atoms with Crippen LogP contribution in [-0.2, 0) is 4.74 Å². The van der Waals surface area contributed by atoms with E-state index >= 15 is 0 Å². The third-order valence-electron chi connectivity index (χ3n) is 5.67. The fourth-order valence-electron chi connectivity index (χ4n) is 4.29. The Morgan fingerprint density at radius 1 is 1.24 bits per heavy atom. The molecule has 0 spiro atoms. The van der Waals surface area contributed by atoms with E-state index < -0.39 is 0 Å². The first-order chi connectivity index (χ1) is 14.0. The van der Waals surface area contributed by atoms with E-state index in [0.717, 1.165) is 29.9 Å². The summed E-state index contributed by atoms with van der Waals surface area (Å²) >= 11 is 0. The lowest BCUT2D eigenvalue weighted by Crippen LogP contribution is -2.49. The summed E-state index contributed by atoms with van der Waals surface area (Å²) in [6, 6.07) is 8.15. The molecule has 1 aromatic heterocycles. The molecule has 5 heterocycles. The molecule has 1 fully saturated rings. The van der Waals surface area contributed by atoms with Crippen LogP contribution in [0.15, 0.2) is 45.8 Å². The van der Waals surface area contributed by atoms with Crippen molar-refractivity contribution in [1.82, 2.24) is 20.3 Å². The Balaban J connectivity index is 1.36. The van der Waals surface area contributed by atoms with E-state index in [-0.39, 0.29) is 18.4 Å². The molecule has 2 aromatic rings. The highest BCUT2D eigenvalue weighted by Crippen LogP contribution is 2.41. The smallest absolute Gasteiger partial charge is 0.345 e. The van der Waals surface area contributed by atoms with Crippen molar-refractivity contribution in [2.45, 2.75) is 38.4 Å². The number of halogens is 1. The lowest BCUT2D eigenvalue weighted by molar-refractivity contribution is -0.0207. The van der Waals surface area contributed by atoms with Crippen LogP contribution in [0.2, 0.25) is 0 Å². The zero-order chi connectivity index (χ0) is 19.8. The minimum absolute atomic E-state index is 0.115. The van der Waals surface area contributed by atoms with Crippen LogP contribution < -0.4 is 9.91 Å². The van der Waals surface area contributed by atoms with Gasteiger partial charge in [-0.15, -0.1) is 0 Å². The maximum atomic E-state index is 14.1. The number of aromatic nitrogens is 2. The summed E-state index contributed by atoms with van der Waals surface area (Å²) in [5.41, 5.74) is 1.66. The molecule has 1 unspecified atom stereocenters. The molecule has 150 valence electrons. The Kier molecular flexibility index (Phi) is 3.29. The Bertz CT molecular complexity index is 1050. The van der Waals surface area contributed by atoms with Gasteiger partial charge in [0, 0.05) is 5.56 Å². The molecule has 4 aliphatic heterocycles. The van der Waals surface area contributed by atoms with Crippen molar-refractivity contribution >= 4 is 17.5 Å². The number of hydrogen-bond donors (Lipinski definition) is 0. The molecule has 4 aliphatic rings. The summed E-state index contributed by atoms with van der Waals surface area (Å²) in [5, 5.41) is 8.39. The second kappa shape index (κ2) is 5.69. The van der Waals surface area contributed by atoms with E-state index in [4.69, 9.17) is 9.26 Å². The number of ether oxygens (including phenoxy) is 1. The number of benzene rings is 1. The topological polar surface area (TPSA) is 73.5 Å². The zero-order valence-corrected chi connectivity index (χ0v) is 16.1. The summed E-state index contributed by atoms with van der Waals surface area (Å²) < 4.78 is 25.7. The number of fused-ring (bicyclic) bond motifs is 6. The molecule has 0 N–H and O–H groups in total.